The third-order valence-corrected chi connectivity index (χ3v) is 2.95. The summed E-state index contributed by atoms with van der Waals surface area (Å²) in [6.45, 7) is 0. The Hall–Kier alpha value is -1.01. The van der Waals surface area contributed by atoms with Crippen LogP contribution in [0.5, 0.6) is 0 Å². The molecule has 0 aromatic heterocycles. The number of allylic oxidation sites excluding steroid dienone is 3. The van der Waals surface area contributed by atoms with Crippen molar-refractivity contribution in [2.45, 2.75) is 57.8 Å². The van der Waals surface area contributed by atoms with Crippen molar-refractivity contribution < 1.29 is 9.90 Å². The van der Waals surface area contributed by atoms with Gasteiger partial charge < -0.3 is 5.11 Å². The SMILES string of the molecule is O=C(O)CCCC#C/C=C/CCCCCC/C=C/Br. The van der Waals surface area contributed by atoms with Crippen LogP contribution >= 0.6 is 15.9 Å². The van der Waals surface area contributed by atoms with Crippen LogP contribution in [0.3, 0.4) is 0 Å². The first-order valence-electron chi connectivity index (χ1n) is 6.87. The van der Waals surface area contributed by atoms with Crippen molar-refractivity contribution in [3.05, 3.63) is 23.2 Å². The predicted molar refractivity (Wildman–Crippen MR) is 84.2 cm³/mol. The van der Waals surface area contributed by atoms with Gasteiger partial charge in [-0.3, -0.25) is 4.79 Å². The van der Waals surface area contributed by atoms with Gasteiger partial charge in [0.1, 0.15) is 0 Å². The minimum Gasteiger partial charge on any atom is -0.481 e. The molecule has 0 rings (SSSR count). The highest BCUT2D eigenvalue weighted by Crippen LogP contribution is 2.06. The monoisotopic (exact) mass is 326 g/mol. The molecule has 3 heteroatoms. The fourth-order valence-electron chi connectivity index (χ4n) is 1.54. The maximum Gasteiger partial charge on any atom is 0.303 e. The van der Waals surface area contributed by atoms with Gasteiger partial charge >= 0.3 is 5.97 Å². The molecule has 0 bridgehead atoms. The van der Waals surface area contributed by atoms with Gasteiger partial charge in [0.25, 0.3) is 0 Å². The molecule has 19 heavy (non-hydrogen) atoms. The summed E-state index contributed by atoms with van der Waals surface area (Å²) < 4.78 is 0. The third-order valence-electron chi connectivity index (χ3n) is 2.58. The molecule has 0 atom stereocenters. The molecule has 0 radical (unpaired) electrons. The molecule has 0 spiro atoms. The highest BCUT2D eigenvalue weighted by molar-refractivity contribution is 9.11. The van der Waals surface area contributed by atoms with Crippen LogP contribution in [-0.4, -0.2) is 11.1 Å². The van der Waals surface area contributed by atoms with Gasteiger partial charge in [-0.05, 0) is 43.2 Å². The minimum absolute atomic E-state index is 0.211. The van der Waals surface area contributed by atoms with E-state index in [4.69, 9.17) is 5.11 Å². The molecule has 0 aromatic carbocycles. The van der Waals surface area contributed by atoms with E-state index in [9.17, 15) is 4.79 Å². The summed E-state index contributed by atoms with van der Waals surface area (Å²) >= 11 is 3.26. The van der Waals surface area contributed by atoms with E-state index in [1.165, 1.54) is 25.7 Å². The molecule has 106 valence electrons. The maximum absolute atomic E-state index is 10.2. The second-order valence-corrected chi connectivity index (χ2v) is 4.85. The summed E-state index contributed by atoms with van der Waals surface area (Å²) in [6, 6.07) is 0. The van der Waals surface area contributed by atoms with Crippen LogP contribution in [0.4, 0.5) is 0 Å². The Morgan fingerprint density at radius 2 is 1.74 bits per heavy atom. The number of carboxylic acid groups (broad SMARTS) is 1. The molecule has 1 N–H and O–H groups in total. The Kier molecular flexibility index (Phi) is 14.2. The molecule has 0 aliphatic rings. The fraction of sp³-hybridized carbons (Fsp3) is 0.562. The van der Waals surface area contributed by atoms with Gasteiger partial charge in [0.2, 0.25) is 0 Å². The smallest absolute Gasteiger partial charge is 0.303 e. The van der Waals surface area contributed by atoms with E-state index in [0.29, 0.717) is 12.8 Å². The van der Waals surface area contributed by atoms with Crippen LogP contribution in [0.25, 0.3) is 0 Å². The highest BCUT2D eigenvalue weighted by Gasteiger charge is 1.92. The first-order valence-corrected chi connectivity index (χ1v) is 7.79. The molecule has 0 aliphatic carbocycles. The number of hydrogen-bond donors (Lipinski definition) is 1. The van der Waals surface area contributed by atoms with Crippen LogP contribution in [0.15, 0.2) is 23.2 Å². The van der Waals surface area contributed by atoms with Gasteiger partial charge in [0.15, 0.2) is 0 Å². The Bertz CT molecular complexity index is 334. The lowest BCUT2D eigenvalue weighted by Crippen LogP contribution is -1.92. The Morgan fingerprint density at radius 1 is 1.05 bits per heavy atom. The average molecular weight is 327 g/mol. The molecule has 0 saturated carbocycles. The Balaban J connectivity index is 3.29. The Labute approximate surface area is 125 Å². The van der Waals surface area contributed by atoms with Crippen molar-refractivity contribution in [2.75, 3.05) is 0 Å². The van der Waals surface area contributed by atoms with Crippen LogP contribution < -0.4 is 0 Å². The van der Waals surface area contributed by atoms with E-state index < -0.39 is 5.97 Å². The van der Waals surface area contributed by atoms with E-state index in [1.54, 1.807) is 0 Å². The van der Waals surface area contributed by atoms with Gasteiger partial charge in [-0.1, -0.05) is 52.8 Å². The predicted octanol–water partition coefficient (Wildman–Crippen LogP) is 5.05. The van der Waals surface area contributed by atoms with E-state index in [2.05, 4.69) is 39.9 Å². The molecular weight excluding hydrogens is 304 g/mol. The van der Waals surface area contributed by atoms with E-state index in [1.807, 2.05) is 11.1 Å². The lowest BCUT2D eigenvalue weighted by atomic mass is 10.1. The number of carbonyl (C=O) groups is 1. The first kappa shape index (κ1) is 18.0. The summed E-state index contributed by atoms with van der Waals surface area (Å²) in [6.07, 6.45) is 14.9. The van der Waals surface area contributed by atoms with Gasteiger partial charge in [-0.15, -0.1) is 0 Å². The molecule has 0 heterocycles. The number of aliphatic carboxylic acids is 1. The largest absolute Gasteiger partial charge is 0.481 e. The molecule has 0 fully saturated rings. The molecule has 0 amide bonds. The van der Waals surface area contributed by atoms with E-state index in [-0.39, 0.29) is 6.42 Å². The quantitative estimate of drug-likeness (QED) is 0.450. The topological polar surface area (TPSA) is 37.3 Å². The van der Waals surface area contributed by atoms with Crippen molar-refractivity contribution in [3.63, 3.8) is 0 Å². The summed E-state index contributed by atoms with van der Waals surface area (Å²) in [5, 5.41) is 8.44. The van der Waals surface area contributed by atoms with Crippen molar-refractivity contribution in [2.24, 2.45) is 0 Å². The minimum atomic E-state index is -0.746. The van der Waals surface area contributed by atoms with Crippen LogP contribution in [0, 0.1) is 11.8 Å². The number of hydrogen-bond acceptors (Lipinski definition) is 1. The highest BCUT2D eigenvalue weighted by atomic mass is 79.9. The summed E-state index contributed by atoms with van der Waals surface area (Å²) in [7, 11) is 0. The van der Waals surface area contributed by atoms with Gasteiger partial charge in [-0.2, -0.15) is 0 Å². The van der Waals surface area contributed by atoms with E-state index >= 15 is 0 Å². The zero-order valence-corrected chi connectivity index (χ0v) is 13.0. The molecule has 2 nitrogen and oxygen atoms in total. The molecular formula is C16H23BrO2. The zero-order valence-electron chi connectivity index (χ0n) is 11.4. The second kappa shape index (κ2) is 15.0. The lowest BCUT2D eigenvalue weighted by Gasteiger charge is -1.95. The van der Waals surface area contributed by atoms with Crippen molar-refractivity contribution in [3.8, 4) is 11.8 Å². The number of unbranched alkanes of at least 4 members (excludes halogenated alkanes) is 6. The Morgan fingerprint density at radius 3 is 2.37 bits per heavy atom. The zero-order chi connectivity index (χ0) is 14.2. The van der Waals surface area contributed by atoms with Crippen LogP contribution in [0.1, 0.15) is 57.8 Å². The number of carboxylic acids is 1. The molecule has 0 unspecified atom stereocenters. The van der Waals surface area contributed by atoms with Crippen molar-refractivity contribution in [1.82, 2.24) is 0 Å². The summed E-state index contributed by atoms with van der Waals surface area (Å²) in [5.41, 5.74) is 0. The summed E-state index contributed by atoms with van der Waals surface area (Å²) in [4.78, 5) is 12.2. The maximum atomic E-state index is 10.2. The van der Waals surface area contributed by atoms with Crippen molar-refractivity contribution in [1.29, 1.82) is 0 Å². The van der Waals surface area contributed by atoms with Crippen LogP contribution in [-0.2, 0) is 4.79 Å². The fourth-order valence-corrected chi connectivity index (χ4v) is 1.81. The van der Waals surface area contributed by atoms with E-state index in [0.717, 1.165) is 12.8 Å². The standard InChI is InChI=1S/C16H23BrO2/c17-15-13-11-9-7-5-3-1-2-4-6-8-10-12-14-16(18)19/h2,4,13,15H,1,3,5,7,9-12,14H2,(H,18,19)/b4-2+,15-13+. The molecule has 0 saturated heterocycles. The summed E-state index contributed by atoms with van der Waals surface area (Å²) in [5.74, 6) is 5.15. The average Bonchev–Trinajstić information content (AvgIpc) is 2.39. The molecule has 0 aliphatic heterocycles. The number of halogens is 1. The van der Waals surface area contributed by atoms with Gasteiger partial charge in [-0.25, -0.2) is 0 Å². The second-order valence-electron chi connectivity index (χ2n) is 4.32. The van der Waals surface area contributed by atoms with Crippen LogP contribution in [0.2, 0.25) is 0 Å². The van der Waals surface area contributed by atoms with Crippen molar-refractivity contribution >= 4 is 21.9 Å². The number of rotatable bonds is 10. The lowest BCUT2D eigenvalue weighted by molar-refractivity contribution is -0.137. The van der Waals surface area contributed by atoms with Gasteiger partial charge in [0, 0.05) is 12.8 Å². The normalized spacial score (nSPS) is 10.8. The first-order chi connectivity index (χ1) is 9.27. The molecule has 0 aromatic rings. The van der Waals surface area contributed by atoms with Gasteiger partial charge in [0.05, 0.1) is 0 Å². The third kappa shape index (κ3) is 17.0.